The Morgan fingerprint density at radius 3 is 1.65 bits per heavy atom. The Morgan fingerprint density at radius 1 is 0.294 bits per heavy atom. The largest absolute Gasteiger partial charge is 0.456 e. The molecule has 0 aliphatic heterocycles. The summed E-state index contributed by atoms with van der Waals surface area (Å²) in [4.78, 5) is 0. The van der Waals surface area contributed by atoms with Crippen molar-refractivity contribution >= 4 is 65.6 Å². The lowest BCUT2D eigenvalue weighted by Gasteiger charge is -2.14. The van der Waals surface area contributed by atoms with Gasteiger partial charge in [-0.2, -0.15) is 0 Å². The molecule has 0 aliphatic rings. The first-order valence-electron chi connectivity index (χ1n) is 17.4. The summed E-state index contributed by atoms with van der Waals surface area (Å²) in [5, 5.41) is 7.21. The maximum atomic E-state index is 6.22. The summed E-state index contributed by atoms with van der Waals surface area (Å²) in [7, 11) is 0. The lowest BCUT2D eigenvalue weighted by molar-refractivity contribution is 0.669. The molecule has 0 radical (unpaired) electrons. The number of hydrogen-bond donors (Lipinski definition) is 0. The van der Waals surface area contributed by atoms with Gasteiger partial charge in [-0.1, -0.05) is 115 Å². The summed E-state index contributed by atoms with van der Waals surface area (Å²) < 4.78 is 11.0. The Bertz CT molecular complexity index is 3130. The van der Waals surface area contributed by atoms with E-state index in [4.69, 9.17) is 4.42 Å². The number of benzene rings is 8. The molecule has 238 valence electrons. The molecule has 0 fully saturated rings. The van der Waals surface area contributed by atoms with E-state index in [0.29, 0.717) is 0 Å². The van der Waals surface area contributed by atoms with Crippen molar-refractivity contribution in [3.63, 3.8) is 0 Å². The number of rotatable bonds is 4. The first kappa shape index (κ1) is 28.0. The van der Waals surface area contributed by atoms with Gasteiger partial charge in [0.1, 0.15) is 11.2 Å². The highest BCUT2D eigenvalue weighted by atomic mass is 16.3. The Morgan fingerprint density at radius 2 is 0.863 bits per heavy atom. The predicted molar refractivity (Wildman–Crippen MR) is 213 cm³/mol. The van der Waals surface area contributed by atoms with Crippen LogP contribution < -0.4 is 0 Å². The van der Waals surface area contributed by atoms with E-state index < -0.39 is 0 Å². The molecule has 3 heteroatoms. The molecule has 3 heterocycles. The van der Waals surface area contributed by atoms with E-state index in [1.807, 2.05) is 12.1 Å². The standard InChI is InChI=1S/C48H30N2O/c1-3-13-31(14-4-1)40-30-46-41(36-18-8-11-21-44(36)50(46)34-24-26-48-42(28-34)38-19-9-12-22-47(38)51-48)29-39(40)32-23-25-37-35-17-7-10-20-43(35)49(45(37)27-32)33-15-5-2-6-16-33/h1-30H. The molecule has 51 heavy (non-hydrogen) atoms. The van der Waals surface area contributed by atoms with E-state index >= 15 is 0 Å². The van der Waals surface area contributed by atoms with Gasteiger partial charge in [0, 0.05) is 43.7 Å². The molecule has 11 rings (SSSR count). The van der Waals surface area contributed by atoms with E-state index in [9.17, 15) is 0 Å². The number of furan rings is 1. The SMILES string of the molecule is c1ccc(-c2cc3c(cc2-c2ccc4c5ccccc5n(-c5ccccc5)c4c2)c2ccccc2n3-c2ccc3oc4ccccc4c3c2)cc1. The van der Waals surface area contributed by atoms with E-state index in [0.717, 1.165) is 33.3 Å². The Balaban J connectivity index is 1.21. The van der Waals surface area contributed by atoms with Crippen LogP contribution in [0.3, 0.4) is 0 Å². The fourth-order valence-electron chi connectivity index (χ4n) is 8.24. The van der Waals surface area contributed by atoms with Crippen LogP contribution in [0.2, 0.25) is 0 Å². The van der Waals surface area contributed by atoms with E-state index in [1.54, 1.807) is 0 Å². The van der Waals surface area contributed by atoms with E-state index in [2.05, 4.69) is 179 Å². The molecule has 11 aromatic rings. The quantitative estimate of drug-likeness (QED) is 0.186. The van der Waals surface area contributed by atoms with Crippen molar-refractivity contribution in [1.82, 2.24) is 9.13 Å². The third-order valence-corrected chi connectivity index (χ3v) is 10.5. The lowest BCUT2D eigenvalue weighted by atomic mass is 9.92. The van der Waals surface area contributed by atoms with Gasteiger partial charge in [-0.05, 0) is 89.0 Å². The molecule has 0 atom stereocenters. The van der Waals surface area contributed by atoms with Crippen LogP contribution >= 0.6 is 0 Å². The third kappa shape index (κ3) is 4.19. The van der Waals surface area contributed by atoms with E-state index in [-0.39, 0.29) is 0 Å². The van der Waals surface area contributed by atoms with Crippen LogP contribution in [0.1, 0.15) is 0 Å². The van der Waals surface area contributed by atoms with E-state index in [1.165, 1.54) is 65.9 Å². The number of nitrogens with zero attached hydrogens (tertiary/aromatic N) is 2. The number of aromatic nitrogens is 2. The van der Waals surface area contributed by atoms with Crippen LogP contribution in [-0.2, 0) is 0 Å². The minimum absolute atomic E-state index is 0.899. The fraction of sp³-hybridized carbons (Fsp3) is 0. The summed E-state index contributed by atoms with van der Waals surface area (Å²) in [6.45, 7) is 0. The molecule has 8 aromatic carbocycles. The maximum Gasteiger partial charge on any atom is 0.135 e. The van der Waals surface area contributed by atoms with Crippen molar-refractivity contribution in [2.75, 3.05) is 0 Å². The Labute approximate surface area is 293 Å². The summed E-state index contributed by atoms with van der Waals surface area (Å²) in [5.74, 6) is 0. The lowest BCUT2D eigenvalue weighted by Crippen LogP contribution is -1.95. The normalized spacial score (nSPS) is 11.9. The molecule has 0 N–H and O–H groups in total. The highest BCUT2D eigenvalue weighted by Crippen LogP contribution is 2.43. The minimum atomic E-state index is 0.899. The van der Waals surface area contributed by atoms with Gasteiger partial charge in [0.25, 0.3) is 0 Å². The summed E-state index contributed by atoms with van der Waals surface area (Å²) >= 11 is 0. The zero-order valence-electron chi connectivity index (χ0n) is 27.6. The first-order chi connectivity index (χ1) is 25.3. The summed E-state index contributed by atoms with van der Waals surface area (Å²) in [6, 6.07) is 65.7. The predicted octanol–water partition coefficient (Wildman–Crippen LogP) is 13.1. The molecule has 0 saturated heterocycles. The topological polar surface area (TPSA) is 23.0 Å². The zero-order chi connectivity index (χ0) is 33.5. The van der Waals surface area contributed by atoms with Crippen molar-refractivity contribution in [2.45, 2.75) is 0 Å². The van der Waals surface area contributed by atoms with Crippen molar-refractivity contribution in [3.05, 3.63) is 182 Å². The smallest absolute Gasteiger partial charge is 0.135 e. The van der Waals surface area contributed by atoms with Gasteiger partial charge in [0.15, 0.2) is 0 Å². The molecule has 0 spiro atoms. The minimum Gasteiger partial charge on any atom is -0.456 e. The molecular formula is C48H30N2O. The molecule has 0 aliphatic carbocycles. The van der Waals surface area contributed by atoms with Crippen LogP contribution in [-0.4, -0.2) is 9.13 Å². The summed E-state index contributed by atoms with van der Waals surface area (Å²) in [6.07, 6.45) is 0. The maximum absolute atomic E-state index is 6.22. The van der Waals surface area contributed by atoms with Gasteiger partial charge in [0.05, 0.1) is 22.1 Å². The van der Waals surface area contributed by atoms with Gasteiger partial charge >= 0.3 is 0 Å². The third-order valence-electron chi connectivity index (χ3n) is 10.5. The van der Waals surface area contributed by atoms with Crippen LogP contribution in [0.5, 0.6) is 0 Å². The van der Waals surface area contributed by atoms with Gasteiger partial charge in [-0.3, -0.25) is 0 Å². The molecule has 3 nitrogen and oxygen atoms in total. The average Bonchev–Trinajstić information content (AvgIpc) is 3.85. The molecule has 0 unspecified atom stereocenters. The van der Waals surface area contributed by atoms with Crippen LogP contribution in [0.4, 0.5) is 0 Å². The van der Waals surface area contributed by atoms with Gasteiger partial charge in [0.2, 0.25) is 0 Å². The molecule has 0 amide bonds. The van der Waals surface area contributed by atoms with Gasteiger partial charge < -0.3 is 13.6 Å². The van der Waals surface area contributed by atoms with Gasteiger partial charge in [-0.25, -0.2) is 0 Å². The monoisotopic (exact) mass is 650 g/mol. The number of hydrogen-bond acceptors (Lipinski definition) is 1. The molecule has 0 bridgehead atoms. The van der Waals surface area contributed by atoms with Gasteiger partial charge in [-0.15, -0.1) is 0 Å². The van der Waals surface area contributed by atoms with Crippen molar-refractivity contribution in [1.29, 1.82) is 0 Å². The van der Waals surface area contributed by atoms with Crippen molar-refractivity contribution < 1.29 is 4.42 Å². The van der Waals surface area contributed by atoms with Crippen LogP contribution in [0, 0.1) is 0 Å². The number of fused-ring (bicyclic) bond motifs is 9. The number of para-hydroxylation sites is 4. The second kappa shape index (κ2) is 10.8. The Kier molecular flexibility index (Phi) is 5.96. The molecule has 3 aromatic heterocycles. The molecular weight excluding hydrogens is 621 g/mol. The Hall–Kier alpha value is -6.84. The first-order valence-corrected chi connectivity index (χ1v) is 17.4. The highest BCUT2D eigenvalue weighted by Gasteiger charge is 2.20. The second-order valence-corrected chi connectivity index (χ2v) is 13.3. The highest BCUT2D eigenvalue weighted by molar-refractivity contribution is 6.15. The van der Waals surface area contributed by atoms with Crippen LogP contribution in [0.25, 0.3) is 99.2 Å². The second-order valence-electron chi connectivity index (χ2n) is 13.3. The van der Waals surface area contributed by atoms with Crippen LogP contribution in [0.15, 0.2) is 186 Å². The fourth-order valence-corrected chi connectivity index (χ4v) is 8.24. The average molecular weight is 651 g/mol. The zero-order valence-corrected chi connectivity index (χ0v) is 27.6. The van der Waals surface area contributed by atoms with Crippen molar-refractivity contribution in [2.24, 2.45) is 0 Å². The summed E-state index contributed by atoms with van der Waals surface area (Å²) in [5.41, 5.74) is 13.6. The van der Waals surface area contributed by atoms with Crippen molar-refractivity contribution in [3.8, 4) is 33.6 Å². The molecule has 0 saturated carbocycles.